The van der Waals surface area contributed by atoms with Crippen LogP contribution in [0.15, 0.2) is 29.3 Å². The molecule has 8 heteroatoms. The maximum absolute atomic E-state index is 12.5. The van der Waals surface area contributed by atoms with E-state index >= 15 is 0 Å². The van der Waals surface area contributed by atoms with Crippen molar-refractivity contribution in [3.8, 4) is 5.75 Å². The summed E-state index contributed by atoms with van der Waals surface area (Å²) in [7, 11) is 3.59. The van der Waals surface area contributed by atoms with Crippen LogP contribution in [0.25, 0.3) is 0 Å². The van der Waals surface area contributed by atoms with Gasteiger partial charge in [0.05, 0.1) is 13.7 Å². The van der Waals surface area contributed by atoms with E-state index in [1.165, 1.54) is 4.90 Å². The number of nitrogens with one attached hydrogen (secondary N) is 1. The molecule has 27 heavy (non-hydrogen) atoms. The average Bonchev–Trinajstić information content (AvgIpc) is 3.04. The van der Waals surface area contributed by atoms with Crippen molar-refractivity contribution in [2.75, 3.05) is 46.9 Å². The van der Waals surface area contributed by atoms with Crippen LogP contribution in [0.3, 0.4) is 0 Å². The zero-order valence-corrected chi connectivity index (χ0v) is 16.2. The lowest BCUT2D eigenvalue weighted by molar-refractivity contribution is -0.143. The maximum atomic E-state index is 12.5. The number of alkyl halides is 3. The molecule has 0 spiro atoms. The molecule has 1 fully saturated rings. The third-order valence-electron chi connectivity index (χ3n) is 4.55. The van der Waals surface area contributed by atoms with Crippen LogP contribution in [-0.2, 0) is 6.54 Å². The molecule has 1 atom stereocenters. The van der Waals surface area contributed by atoms with Gasteiger partial charge in [-0.05, 0) is 43.5 Å². The SMILES string of the molecule is CCNC(=NCC1CCN(CC(F)(F)F)C1)N(C)Cc1ccc(OC)cc1. The van der Waals surface area contributed by atoms with E-state index in [9.17, 15) is 13.2 Å². The van der Waals surface area contributed by atoms with Gasteiger partial charge in [0, 0.05) is 33.2 Å². The first-order valence-corrected chi connectivity index (χ1v) is 9.22. The van der Waals surface area contributed by atoms with Crippen molar-refractivity contribution in [3.05, 3.63) is 29.8 Å². The fourth-order valence-corrected chi connectivity index (χ4v) is 3.22. The van der Waals surface area contributed by atoms with Crippen LogP contribution in [0.1, 0.15) is 18.9 Å². The molecule has 152 valence electrons. The van der Waals surface area contributed by atoms with Gasteiger partial charge in [0.25, 0.3) is 0 Å². The minimum atomic E-state index is -4.13. The molecule has 0 radical (unpaired) electrons. The minimum absolute atomic E-state index is 0.162. The molecule has 0 aliphatic carbocycles. The number of hydrogen-bond donors (Lipinski definition) is 1. The third-order valence-corrected chi connectivity index (χ3v) is 4.55. The van der Waals surface area contributed by atoms with E-state index in [1.54, 1.807) is 7.11 Å². The van der Waals surface area contributed by atoms with Crippen LogP contribution in [0.4, 0.5) is 13.2 Å². The van der Waals surface area contributed by atoms with Crippen LogP contribution in [0.2, 0.25) is 0 Å². The Morgan fingerprint density at radius 2 is 2.04 bits per heavy atom. The molecule has 1 heterocycles. The predicted octanol–water partition coefficient (Wildman–Crippen LogP) is 2.98. The quantitative estimate of drug-likeness (QED) is 0.578. The van der Waals surface area contributed by atoms with Gasteiger partial charge in [-0.3, -0.25) is 9.89 Å². The summed E-state index contributed by atoms with van der Waals surface area (Å²) in [5.41, 5.74) is 1.13. The Kier molecular flexibility index (Phi) is 7.77. The Morgan fingerprint density at radius 3 is 2.63 bits per heavy atom. The van der Waals surface area contributed by atoms with Crippen LogP contribution in [0, 0.1) is 5.92 Å². The number of methoxy groups -OCH3 is 1. The van der Waals surface area contributed by atoms with Gasteiger partial charge in [-0.2, -0.15) is 13.2 Å². The highest BCUT2D eigenvalue weighted by Crippen LogP contribution is 2.23. The van der Waals surface area contributed by atoms with Crippen LogP contribution in [-0.4, -0.2) is 68.8 Å². The summed E-state index contributed by atoms with van der Waals surface area (Å²) in [5, 5.41) is 3.26. The van der Waals surface area contributed by atoms with Gasteiger partial charge in [-0.15, -0.1) is 0 Å². The van der Waals surface area contributed by atoms with Gasteiger partial charge in [0.2, 0.25) is 0 Å². The fraction of sp³-hybridized carbons (Fsp3) is 0.632. The molecule has 1 aliphatic heterocycles. The van der Waals surface area contributed by atoms with Crippen molar-refractivity contribution in [1.29, 1.82) is 0 Å². The Hall–Kier alpha value is -1.96. The zero-order valence-electron chi connectivity index (χ0n) is 16.2. The summed E-state index contributed by atoms with van der Waals surface area (Å²) in [4.78, 5) is 8.14. The smallest absolute Gasteiger partial charge is 0.401 e. The van der Waals surface area contributed by atoms with Crippen molar-refractivity contribution in [2.24, 2.45) is 10.9 Å². The second-order valence-corrected chi connectivity index (χ2v) is 6.90. The number of likely N-dealkylation sites (tertiary alicyclic amines) is 1. The summed E-state index contributed by atoms with van der Waals surface area (Å²) < 4.78 is 42.7. The van der Waals surface area contributed by atoms with E-state index in [0.29, 0.717) is 26.2 Å². The van der Waals surface area contributed by atoms with E-state index < -0.39 is 12.7 Å². The maximum Gasteiger partial charge on any atom is 0.401 e. The Balaban J connectivity index is 1.91. The first-order chi connectivity index (χ1) is 12.8. The van der Waals surface area contributed by atoms with Crippen LogP contribution >= 0.6 is 0 Å². The second-order valence-electron chi connectivity index (χ2n) is 6.90. The monoisotopic (exact) mass is 386 g/mol. The fourth-order valence-electron chi connectivity index (χ4n) is 3.22. The third kappa shape index (κ3) is 7.28. The highest BCUT2D eigenvalue weighted by Gasteiger charge is 2.34. The molecule has 1 N–H and O–H groups in total. The predicted molar refractivity (Wildman–Crippen MR) is 101 cm³/mol. The number of halogens is 3. The largest absolute Gasteiger partial charge is 0.497 e. The van der Waals surface area contributed by atoms with Crippen molar-refractivity contribution in [1.82, 2.24) is 15.1 Å². The van der Waals surface area contributed by atoms with Gasteiger partial charge < -0.3 is 15.0 Å². The second kappa shape index (κ2) is 9.82. The molecular weight excluding hydrogens is 357 g/mol. The van der Waals surface area contributed by atoms with E-state index in [1.807, 2.05) is 43.1 Å². The first kappa shape index (κ1) is 21.3. The molecule has 0 aromatic heterocycles. The summed E-state index contributed by atoms with van der Waals surface area (Å²) in [5.74, 6) is 1.74. The number of rotatable bonds is 7. The van der Waals surface area contributed by atoms with E-state index in [-0.39, 0.29) is 5.92 Å². The lowest BCUT2D eigenvalue weighted by atomic mass is 10.1. The molecule has 1 unspecified atom stereocenters. The van der Waals surface area contributed by atoms with Crippen molar-refractivity contribution in [2.45, 2.75) is 26.1 Å². The number of aliphatic imine (C=N–C) groups is 1. The highest BCUT2D eigenvalue weighted by molar-refractivity contribution is 5.79. The lowest BCUT2D eigenvalue weighted by Gasteiger charge is -2.23. The summed E-state index contributed by atoms with van der Waals surface area (Å²) in [6.07, 6.45) is -3.38. The first-order valence-electron chi connectivity index (χ1n) is 9.22. The standard InChI is InChI=1S/C19H29F3N4O/c1-4-23-18(25(2)12-15-5-7-17(27-3)8-6-15)24-11-16-9-10-26(13-16)14-19(20,21)22/h5-8,16H,4,9-14H2,1-3H3,(H,23,24). The molecular formula is C19H29F3N4O. The van der Waals surface area contributed by atoms with Crippen molar-refractivity contribution >= 4 is 5.96 Å². The summed E-state index contributed by atoms with van der Waals surface area (Å²) in [6, 6.07) is 7.85. The summed E-state index contributed by atoms with van der Waals surface area (Å²) >= 11 is 0. The molecule has 0 amide bonds. The molecule has 5 nitrogen and oxygen atoms in total. The van der Waals surface area contributed by atoms with Gasteiger partial charge in [0.15, 0.2) is 5.96 Å². The van der Waals surface area contributed by atoms with Crippen LogP contribution in [0.5, 0.6) is 5.75 Å². The van der Waals surface area contributed by atoms with Gasteiger partial charge in [0.1, 0.15) is 5.75 Å². The Bertz CT molecular complexity index is 604. The number of benzene rings is 1. The molecule has 0 bridgehead atoms. The molecule has 1 saturated heterocycles. The molecule has 1 aromatic rings. The van der Waals surface area contributed by atoms with Crippen molar-refractivity contribution in [3.63, 3.8) is 0 Å². The Morgan fingerprint density at radius 1 is 1.33 bits per heavy atom. The van der Waals surface area contributed by atoms with E-state index in [0.717, 1.165) is 30.2 Å². The van der Waals surface area contributed by atoms with Gasteiger partial charge >= 0.3 is 6.18 Å². The lowest BCUT2D eigenvalue weighted by Crippen LogP contribution is -2.39. The summed E-state index contributed by atoms with van der Waals surface area (Å²) in [6.45, 7) is 4.05. The highest BCUT2D eigenvalue weighted by atomic mass is 19.4. The minimum Gasteiger partial charge on any atom is -0.497 e. The normalized spacial score (nSPS) is 18.6. The number of guanidine groups is 1. The van der Waals surface area contributed by atoms with Gasteiger partial charge in [-0.25, -0.2) is 0 Å². The topological polar surface area (TPSA) is 40.1 Å². The number of hydrogen-bond acceptors (Lipinski definition) is 3. The molecule has 1 aromatic carbocycles. The van der Waals surface area contributed by atoms with Crippen molar-refractivity contribution < 1.29 is 17.9 Å². The van der Waals surface area contributed by atoms with Gasteiger partial charge in [-0.1, -0.05) is 12.1 Å². The molecule has 2 rings (SSSR count). The number of nitrogens with zero attached hydrogens (tertiary/aromatic N) is 3. The zero-order chi connectivity index (χ0) is 19.9. The molecule has 1 aliphatic rings. The Labute approximate surface area is 159 Å². The van der Waals surface area contributed by atoms with E-state index in [4.69, 9.17) is 4.74 Å². The number of ether oxygens (including phenoxy) is 1. The van der Waals surface area contributed by atoms with E-state index in [2.05, 4.69) is 10.3 Å². The molecule has 0 saturated carbocycles. The average molecular weight is 386 g/mol. The van der Waals surface area contributed by atoms with Crippen LogP contribution < -0.4 is 10.1 Å².